The number of methoxy groups -OCH3 is 2. The number of nitrogens with one attached hydrogen (secondary N) is 2. The maximum Gasteiger partial charge on any atom is 0.243 e. The van der Waals surface area contributed by atoms with Crippen molar-refractivity contribution in [3.05, 3.63) is 118 Å². The minimum Gasteiger partial charge on any atom is -0.493 e. The Morgan fingerprint density at radius 3 is 2.27 bits per heavy atom. The van der Waals surface area contributed by atoms with E-state index in [2.05, 4.69) is 28.4 Å². The number of fused-ring (bicyclic) bond motifs is 1. The summed E-state index contributed by atoms with van der Waals surface area (Å²) in [5, 5.41) is 21.2. The number of ether oxygens (including phenoxy) is 4. The van der Waals surface area contributed by atoms with Gasteiger partial charge in [-0.05, 0) is 76.1 Å². The summed E-state index contributed by atoms with van der Waals surface area (Å²) >= 11 is 0. The van der Waals surface area contributed by atoms with Crippen LogP contribution in [0.3, 0.4) is 0 Å². The first kappa shape index (κ1) is 37.0. The van der Waals surface area contributed by atoms with Crippen LogP contribution in [0.4, 0.5) is 0 Å². The molecule has 0 saturated carbocycles. The van der Waals surface area contributed by atoms with Crippen LogP contribution in [0.25, 0.3) is 11.1 Å². The van der Waals surface area contributed by atoms with Crippen molar-refractivity contribution in [2.45, 2.75) is 70.3 Å². The lowest BCUT2D eigenvalue weighted by Crippen LogP contribution is -2.41. The van der Waals surface area contributed by atoms with Crippen LogP contribution in [0, 0.1) is 0 Å². The van der Waals surface area contributed by atoms with Crippen molar-refractivity contribution >= 4 is 11.8 Å². The second kappa shape index (κ2) is 17.6. The number of hydrogen-bond donors (Lipinski definition) is 4. The third-order valence-corrected chi connectivity index (χ3v) is 9.72. The van der Waals surface area contributed by atoms with Crippen molar-refractivity contribution in [1.82, 2.24) is 15.7 Å². The monoisotopic (exact) mass is 709 g/mol. The van der Waals surface area contributed by atoms with Crippen LogP contribution in [0.2, 0.25) is 0 Å². The Labute approximate surface area is 304 Å². The molecule has 4 aromatic rings. The van der Waals surface area contributed by atoms with E-state index in [1.54, 1.807) is 19.7 Å². The van der Waals surface area contributed by atoms with Gasteiger partial charge in [0.15, 0.2) is 17.8 Å². The van der Waals surface area contributed by atoms with Gasteiger partial charge in [0.25, 0.3) is 0 Å². The molecule has 0 spiro atoms. The number of amides is 2. The van der Waals surface area contributed by atoms with Gasteiger partial charge in [-0.1, -0.05) is 60.7 Å². The lowest BCUT2D eigenvalue weighted by atomic mass is 9.96. The Hall–Kier alpha value is -4.78. The zero-order chi connectivity index (χ0) is 36.5. The van der Waals surface area contributed by atoms with E-state index in [1.807, 2.05) is 66.7 Å². The van der Waals surface area contributed by atoms with Crippen molar-refractivity contribution in [1.29, 1.82) is 0 Å². The Morgan fingerprint density at radius 2 is 1.54 bits per heavy atom. The van der Waals surface area contributed by atoms with Crippen LogP contribution >= 0.6 is 0 Å². The minimum absolute atomic E-state index is 0.0148. The molecule has 1 saturated heterocycles. The number of hydroxylamine groups is 1. The maximum absolute atomic E-state index is 12.3. The normalized spacial score (nSPS) is 18.7. The number of aliphatic hydroxyl groups is 1. The van der Waals surface area contributed by atoms with Crippen LogP contribution in [0.1, 0.15) is 71.5 Å². The highest BCUT2D eigenvalue weighted by atomic mass is 16.7. The highest BCUT2D eigenvalue weighted by molar-refractivity contribution is 5.78. The Bertz CT molecular complexity index is 1830. The van der Waals surface area contributed by atoms with Crippen molar-refractivity contribution < 1.29 is 38.9 Å². The van der Waals surface area contributed by atoms with Gasteiger partial charge in [-0.25, -0.2) is 5.48 Å². The topological polar surface area (TPSA) is 139 Å². The van der Waals surface area contributed by atoms with Crippen LogP contribution < -0.4 is 20.3 Å². The molecule has 0 bridgehead atoms. The van der Waals surface area contributed by atoms with E-state index >= 15 is 0 Å². The van der Waals surface area contributed by atoms with Crippen molar-refractivity contribution in [2.24, 2.45) is 0 Å². The van der Waals surface area contributed by atoms with E-state index < -0.39 is 12.2 Å². The SMILES string of the molecule is COc1cc2c(cc1OC)CN(CC1CC(c3ccc(CO)cc3)OC(c3cccc(-c4cccc(CNC(=O)CCCC(=O)NO)c4)c3)O1)CC2. The molecule has 0 aliphatic carbocycles. The van der Waals surface area contributed by atoms with Crippen LogP contribution in [-0.4, -0.2) is 60.4 Å². The summed E-state index contributed by atoms with van der Waals surface area (Å²) in [7, 11) is 3.32. The maximum atomic E-state index is 12.3. The van der Waals surface area contributed by atoms with Crippen molar-refractivity contribution in [3.8, 4) is 22.6 Å². The molecule has 52 heavy (non-hydrogen) atoms. The van der Waals surface area contributed by atoms with E-state index in [0.29, 0.717) is 19.4 Å². The molecular formula is C41H47N3O8. The molecule has 1 fully saturated rings. The van der Waals surface area contributed by atoms with Crippen LogP contribution in [-0.2, 0) is 45.2 Å². The zero-order valence-corrected chi connectivity index (χ0v) is 29.7. The molecule has 0 radical (unpaired) electrons. The molecule has 2 amide bonds. The molecule has 3 unspecified atom stereocenters. The van der Waals surface area contributed by atoms with Gasteiger partial charge in [-0.15, -0.1) is 0 Å². The molecule has 11 heteroatoms. The van der Waals surface area contributed by atoms with E-state index in [-0.39, 0.29) is 37.6 Å². The largest absolute Gasteiger partial charge is 0.493 e. The molecule has 274 valence electrons. The third-order valence-electron chi connectivity index (χ3n) is 9.72. The van der Waals surface area contributed by atoms with Gasteiger partial charge >= 0.3 is 0 Å². The van der Waals surface area contributed by atoms with E-state index in [0.717, 1.165) is 70.9 Å². The number of carbonyl (C=O) groups is 2. The fourth-order valence-electron chi connectivity index (χ4n) is 6.90. The van der Waals surface area contributed by atoms with E-state index in [4.69, 9.17) is 24.2 Å². The molecule has 4 aromatic carbocycles. The third kappa shape index (κ3) is 9.36. The van der Waals surface area contributed by atoms with Crippen LogP contribution in [0.15, 0.2) is 84.9 Å². The van der Waals surface area contributed by atoms with E-state index in [9.17, 15) is 14.7 Å². The minimum atomic E-state index is -0.599. The molecule has 2 heterocycles. The highest BCUT2D eigenvalue weighted by Crippen LogP contribution is 2.40. The molecule has 2 aliphatic rings. The number of carbonyl (C=O) groups excluding carboxylic acids is 2. The fourth-order valence-corrected chi connectivity index (χ4v) is 6.90. The average molecular weight is 710 g/mol. The summed E-state index contributed by atoms with van der Waals surface area (Å²) in [5.41, 5.74) is 9.82. The van der Waals surface area contributed by atoms with Gasteiger partial charge in [-0.3, -0.25) is 19.7 Å². The summed E-state index contributed by atoms with van der Waals surface area (Å²) in [6.07, 6.45) is 1.32. The second-order valence-electron chi connectivity index (χ2n) is 13.3. The Balaban J connectivity index is 1.17. The number of benzene rings is 4. The van der Waals surface area contributed by atoms with Gasteiger partial charge in [0, 0.05) is 51.0 Å². The highest BCUT2D eigenvalue weighted by Gasteiger charge is 2.34. The van der Waals surface area contributed by atoms with Gasteiger partial charge < -0.3 is 29.4 Å². The summed E-state index contributed by atoms with van der Waals surface area (Å²) < 4.78 is 24.5. The lowest BCUT2D eigenvalue weighted by Gasteiger charge is -2.39. The predicted octanol–water partition coefficient (Wildman–Crippen LogP) is 5.76. The van der Waals surface area contributed by atoms with Crippen LogP contribution in [0.5, 0.6) is 11.5 Å². The first-order valence-corrected chi connectivity index (χ1v) is 17.7. The van der Waals surface area contributed by atoms with Gasteiger partial charge in [0.05, 0.1) is 33.0 Å². The average Bonchev–Trinajstić information content (AvgIpc) is 3.19. The first-order valence-electron chi connectivity index (χ1n) is 17.7. The standard InChI is InChI=1S/C41H47N3O8/c1-49-37-20-32-16-17-44(24-34(32)21-38(37)50-2)25-35-22-36(29-14-12-27(26-45)13-15-29)52-41(51-35)33-9-4-8-31(19-33)30-7-3-6-28(18-30)23-42-39(46)10-5-11-40(47)43-48/h3-4,6-9,12-15,18-21,35-36,41,45,48H,5,10-11,16-17,22-26H2,1-2H3,(H,42,46)(H,43,47). The molecule has 4 N–H and O–H groups in total. The van der Waals surface area contributed by atoms with Gasteiger partial charge in [-0.2, -0.15) is 0 Å². The number of rotatable bonds is 14. The molecule has 11 nitrogen and oxygen atoms in total. The Kier molecular flexibility index (Phi) is 12.5. The summed E-state index contributed by atoms with van der Waals surface area (Å²) in [6.45, 7) is 2.76. The van der Waals surface area contributed by atoms with Gasteiger partial charge in [0.2, 0.25) is 11.8 Å². The van der Waals surface area contributed by atoms with E-state index in [1.165, 1.54) is 11.1 Å². The molecule has 3 atom stereocenters. The molecule has 6 rings (SSSR count). The smallest absolute Gasteiger partial charge is 0.243 e. The summed E-state index contributed by atoms with van der Waals surface area (Å²) in [4.78, 5) is 26.0. The molecule has 0 aromatic heterocycles. The summed E-state index contributed by atoms with van der Waals surface area (Å²) in [6, 6.07) is 28.3. The second-order valence-corrected chi connectivity index (χ2v) is 13.3. The predicted molar refractivity (Wildman–Crippen MR) is 194 cm³/mol. The molecule has 2 aliphatic heterocycles. The fraction of sp³-hybridized carbons (Fsp3) is 0.366. The summed E-state index contributed by atoms with van der Waals surface area (Å²) in [5.74, 6) is 0.813. The van der Waals surface area contributed by atoms with Crippen molar-refractivity contribution in [2.75, 3.05) is 27.3 Å². The quantitative estimate of drug-likeness (QED) is 0.0952. The molecular weight excluding hydrogens is 662 g/mol. The number of aliphatic hydroxyl groups excluding tert-OH is 1. The first-order chi connectivity index (χ1) is 25.3. The number of hydrogen-bond acceptors (Lipinski definition) is 9. The Morgan fingerprint density at radius 1 is 0.827 bits per heavy atom. The zero-order valence-electron chi connectivity index (χ0n) is 29.7. The van der Waals surface area contributed by atoms with Crippen molar-refractivity contribution in [3.63, 3.8) is 0 Å². The number of nitrogens with zero attached hydrogens (tertiary/aromatic N) is 1. The van der Waals surface area contributed by atoms with Gasteiger partial charge in [0.1, 0.15) is 0 Å². The lowest BCUT2D eigenvalue weighted by molar-refractivity contribution is -0.253.